The van der Waals surface area contributed by atoms with Crippen molar-refractivity contribution < 1.29 is 4.79 Å². The first-order valence-corrected chi connectivity index (χ1v) is 7.16. The molecular formula is C17H19ClN2O. The second kappa shape index (κ2) is 6.19. The van der Waals surface area contributed by atoms with Gasteiger partial charge in [-0.1, -0.05) is 41.4 Å². The van der Waals surface area contributed by atoms with Crippen molar-refractivity contribution in [1.82, 2.24) is 4.90 Å². The molecule has 0 aliphatic heterocycles. The molecule has 4 heteroatoms. The number of nitrogens with two attached hydrogens (primary N) is 1. The smallest absolute Gasteiger partial charge is 0.256 e. The van der Waals surface area contributed by atoms with Gasteiger partial charge in [-0.15, -0.1) is 0 Å². The molecule has 0 bridgehead atoms. The summed E-state index contributed by atoms with van der Waals surface area (Å²) in [5, 5.41) is 0.504. The van der Waals surface area contributed by atoms with E-state index in [1.807, 2.05) is 38.1 Å². The maximum atomic E-state index is 12.6. The minimum Gasteiger partial charge on any atom is -0.398 e. The summed E-state index contributed by atoms with van der Waals surface area (Å²) in [6, 6.07) is 13.0. The van der Waals surface area contributed by atoms with Crippen LogP contribution in [0.2, 0.25) is 5.02 Å². The van der Waals surface area contributed by atoms with E-state index in [-0.39, 0.29) is 11.9 Å². The predicted octanol–water partition coefficient (Wildman–Crippen LogP) is 4.06. The largest absolute Gasteiger partial charge is 0.398 e. The van der Waals surface area contributed by atoms with Crippen LogP contribution in [0.4, 0.5) is 5.69 Å². The number of aryl methyl sites for hydroxylation is 1. The number of nitrogen functional groups attached to an aromatic ring is 1. The number of carbonyl (C=O) groups excluding carboxylic acids is 1. The van der Waals surface area contributed by atoms with Crippen LogP contribution in [0.5, 0.6) is 0 Å². The van der Waals surface area contributed by atoms with Crippen molar-refractivity contribution in [3.8, 4) is 0 Å². The number of hydrogen-bond acceptors (Lipinski definition) is 2. The van der Waals surface area contributed by atoms with Gasteiger partial charge < -0.3 is 10.6 Å². The average molecular weight is 303 g/mol. The fourth-order valence-electron chi connectivity index (χ4n) is 2.15. The van der Waals surface area contributed by atoms with Crippen molar-refractivity contribution in [2.24, 2.45) is 0 Å². The van der Waals surface area contributed by atoms with Crippen LogP contribution in [-0.4, -0.2) is 17.9 Å². The van der Waals surface area contributed by atoms with Gasteiger partial charge in [-0.05, 0) is 37.6 Å². The number of nitrogens with zero attached hydrogens (tertiary/aromatic N) is 1. The van der Waals surface area contributed by atoms with Gasteiger partial charge in [0, 0.05) is 17.8 Å². The van der Waals surface area contributed by atoms with Crippen molar-refractivity contribution in [3.63, 3.8) is 0 Å². The molecule has 21 heavy (non-hydrogen) atoms. The maximum absolute atomic E-state index is 12.6. The number of rotatable bonds is 3. The van der Waals surface area contributed by atoms with E-state index in [0.717, 1.165) is 5.56 Å². The van der Waals surface area contributed by atoms with Crippen LogP contribution in [0, 0.1) is 6.92 Å². The first kappa shape index (κ1) is 15.4. The third-order valence-corrected chi connectivity index (χ3v) is 3.94. The molecule has 1 unspecified atom stereocenters. The SMILES string of the molecule is Cc1ccc(C(C)N(C)C(=O)c2cc(Cl)ccc2N)cc1. The number of benzene rings is 2. The summed E-state index contributed by atoms with van der Waals surface area (Å²) in [6.07, 6.45) is 0. The van der Waals surface area contributed by atoms with Gasteiger partial charge in [-0.2, -0.15) is 0 Å². The summed E-state index contributed by atoms with van der Waals surface area (Å²) in [5.74, 6) is -0.136. The lowest BCUT2D eigenvalue weighted by Gasteiger charge is -2.26. The highest BCUT2D eigenvalue weighted by molar-refractivity contribution is 6.31. The van der Waals surface area contributed by atoms with Crippen LogP contribution < -0.4 is 5.73 Å². The molecule has 110 valence electrons. The summed E-state index contributed by atoms with van der Waals surface area (Å²) in [6.45, 7) is 4.03. The summed E-state index contributed by atoms with van der Waals surface area (Å²) >= 11 is 5.95. The molecule has 2 aromatic carbocycles. The fourth-order valence-corrected chi connectivity index (χ4v) is 2.32. The van der Waals surface area contributed by atoms with Crippen molar-refractivity contribution in [2.45, 2.75) is 19.9 Å². The molecule has 3 nitrogen and oxygen atoms in total. The Bertz CT molecular complexity index is 652. The number of hydrogen-bond donors (Lipinski definition) is 1. The van der Waals surface area contributed by atoms with Gasteiger partial charge >= 0.3 is 0 Å². The molecule has 2 N–H and O–H groups in total. The third kappa shape index (κ3) is 3.37. The molecule has 0 saturated heterocycles. The highest BCUT2D eigenvalue weighted by atomic mass is 35.5. The van der Waals surface area contributed by atoms with Crippen LogP contribution in [0.15, 0.2) is 42.5 Å². The van der Waals surface area contributed by atoms with Crippen LogP contribution in [0.25, 0.3) is 0 Å². The lowest BCUT2D eigenvalue weighted by atomic mass is 10.0. The van der Waals surface area contributed by atoms with Crippen LogP contribution >= 0.6 is 11.6 Å². The van der Waals surface area contributed by atoms with Crippen molar-refractivity contribution in [3.05, 3.63) is 64.2 Å². The van der Waals surface area contributed by atoms with Gasteiger partial charge in [0.05, 0.1) is 11.6 Å². The zero-order chi connectivity index (χ0) is 15.6. The van der Waals surface area contributed by atoms with Crippen molar-refractivity contribution in [1.29, 1.82) is 0 Å². The topological polar surface area (TPSA) is 46.3 Å². The standard InChI is InChI=1S/C17H19ClN2O/c1-11-4-6-13(7-5-11)12(2)20(3)17(21)15-10-14(18)8-9-16(15)19/h4-10,12H,19H2,1-3H3. The van der Waals surface area contributed by atoms with E-state index in [4.69, 9.17) is 17.3 Å². The maximum Gasteiger partial charge on any atom is 0.256 e. The van der Waals surface area contributed by atoms with Crippen LogP contribution in [0.1, 0.15) is 34.5 Å². The van der Waals surface area contributed by atoms with Gasteiger partial charge in [0.15, 0.2) is 0 Å². The van der Waals surface area contributed by atoms with Gasteiger partial charge in [-0.3, -0.25) is 4.79 Å². The van der Waals surface area contributed by atoms with Gasteiger partial charge in [-0.25, -0.2) is 0 Å². The summed E-state index contributed by atoms with van der Waals surface area (Å²) < 4.78 is 0. The molecule has 2 aromatic rings. The Morgan fingerprint density at radius 1 is 1.19 bits per heavy atom. The number of halogens is 1. The van der Waals surface area contributed by atoms with E-state index < -0.39 is 0 Å². The number of amides is 1. The summed E-state index contributed by atoms with van der Waals surface area (Å²) in [7, 11) is 1.77. The van der Waals surface area contributed by atoms with Gasteiger partial charge in [0.2, 0.25) is 0 Å². The first-order valence-electron chi connectivity index (χ1n) is 6.79. The Labute approximate surface area is 130 Å². The lowest BCUT2D eigenvalue weighted by Crippen LogP contribution is -2.30. The minimum atomic E-state index is -0.136. The Morgan fingerprint density at radius 2 is 1.81 bits per heavy atom. The van der Waals surface area contributed by atoms with E-state index in [1.165, 1.54) is 5.56 Å². The molecular weight excluding hydrogens is 284 g/mol. The molecule has 0 aromatic heterocycles. The Morgan fingerprint density at radius 3 is 2.43 bits per heavy atom. The Hall–Kier alpha value is -2.00. The second-order valence-electron chi connectivity index (χ2n) is 5.23. The molecule has 0 aliphatic rings. The monoisotopic (exact) mass is 302 g/mol. The molecule has 0 fully saturated rings. The minimum absolute atomic E-state index is 0.0449. The second-order valence-corrected chi connectivity index (χ2v) is 5.67. The lowest BCUT2D eigenvalue weighted by molar-refractivity contribution is 0.0743. The van der Waals surface area contributed by atoms with E-state index in [0.29, 0.717) is 16.3 Å². The number of carbonyl (C=O) groups is 1. The molecule has 0 spiro atoms. The predicted molar refractivity (Wildman–Crippen MR) is 87.6 cm³/mol. The van der Waals surface area contributed by atoms with E-state index in [1.54, 1.807) is 30.1 Å². The Kier molecular flexibility index (Phi) is 4.53. The van der Waals surface area contributed by atoms with Crippen molar-refractivity contribution in [2.75, 3.05) is 12.8 Å². The van der Waals surface area contributed by atoms with Gasteiger partial charge in [0.25, 0.3) is 5.91 Å². The summed E-state index contributed by atoms with van der Waals surface area (Å²) in [5.41, 5.74) is 9.03. The zero-order valence-electron chi connectivity index (χ0n) is 12.4. The third-order valence-electron chi connectivity index (χ3n) is 3.71. The average Bonchev–Trinajstić information content (AvgIpc) is 2.48. The molecule has 0 aliphatic carbocycles. The van der Waals surface area contributed by atoms with E-state index in [9.17, 15) is 4.79 Å². The van der Waals surface area contributed by atoms with E-state index in [2.05, 4.69) is 0 Å². The molecule has 1 amide bonds. The van der Waals surface area contributed by atoms with Gasteiger partial charge in [0.1, 0.15) is 0 Å². The molecule has 1 atom stereocenters. The highest BCUT2D eigenvalue weighted by Gasteiger charge is 2.20. The van der Waals surface area contributed by atoms with E-state index >= 15 is 0 Å². The van der Waals surface area contributed by atoms with Crippen LogP contribution in [-0.2, 0) is 0 Å². The molecule has 0 radical (unpaired) electrons. The normalized spacial score (nSPS) is 12.0. The first-order chi connectivity index (χ1) is 9.90. The molecule has 2 rings (SSSR count). The Balaban J connectivity index is 2.26. The molecule has 0 heterocycles. The van der Waals surface area contributed by atoms with Crippen LogP contribution in [0.3, 0.4) is 0 Å². The quantitative estimate of drug-likeness (QED) is 0.869. The number of anilines is 1. The van der Waals surface area contributed by atoms with Crippen molar-refractivity contribution >= 4 is 23.2 Å². The summed E-state index contributed by atoms with van der Waals surface area (Å²) in [4.78, 5) is 14.3. The molecule has 0 saturated carbocycles. The fraction of sp³-hybridized carbons (Fsp3) is 0.235. The highest BCUT2D eigenvalue weighted by Crippen LogP contribution is 2.24. The zero-order valence-corrected chi connectivity index (χ0v) is 13.2.